The molecular weight excluding hydrogens is 314 g/mol. The Labute approximate surface area is 119 Å². The molecule has 1 saturated heterocycles. The molecule has 1 aromatic carbocycles. The van der Waals surface area contributed by atoms with Gasteiger partial charge in [-0.1, -0.05) is 11.6 Å². The van der Waals surface area contributed by atoms with Gasteiger partial charge in [0.25, 0.3) is 0 Å². The van der Waals surface area contributed by atoms with Gasteiger partial charge in [0.15, 0.2) is 0 Å². The van der Waals surface area contributed by atoms with Crippen molar-refractivity contribution in [2.45, 2.75) is 18.9 Å². The van der Waals surface area contributed by atoms with Crippen molar-refractivity contribution in [2.24, 2.45) is 0 Å². The molecule has 1 aliphatic heterocycles. The highest BCUT2D eigenvalue weighted by atomic mass is 79.9. The number of halogens is 2. The first-order valence-electron chi connectivity index (χ1n) is 5.97. The van der Waals surface area contributed by atoms with Crippen molar-refractivity contribution < 1.29 is 0 Å². The molecule has 1 unspecified atom stereocenters. The van der Waals surface area contributed by atoms with Crippen LogP contribution in [0, 0.1) is 0 Å². The van der Waals surface area contributed by atoms with Gasteiger partial charge in [0, 0.05) is 16.2 Å². The lowest BCUT2D eigenvalue weighted by Gasteiger charge is -2.14. The Balaban J connectivity index is 2.00. The lowest BCUT2D eigenvalue weighted by Crippen LogP contribution is -2.16. The smallest absolute Gasteiger partial charge is 0.0994 e. The van der Waals surface area contributed by atoms with E-state index in [1.165, 1.54) is 18.5 Å². The Kier molecular flexibility index (Phi) is 3.41. The van der Waals surface area contributed by atoms with Crippen LogP contribution >= 0.6 is 27.5 Å². The summed E-state index contributed by atoms with van der Waals surface area (Å²) in [5, 5.41) is 4.22. The molecule has 0 spiro atoms. The van der Waals surface area contributed by atoms with Crippen molar-refractivity contribution in [1.82, 2.24) is 14.9 Å². The minimum Gasteiger partial charge on any atom is -0.309 e. The second-order valence-electron chi connectivity index (χ2n) is 4.44. The number of hydrogen-bond acceptors (Lipinski definition) is 2. The molecule has 2 heterocycles. The predicted octanol–water partition coefficient (Wildman–Crippen LogP) is 3.71. The molecule has 0 radical (unpaired) electrons. The molecule has 0 bridgehead atoms. The van der Waals surface area contributed by atoms with Gasteiger partial charge >= 0.3 is 0 Å². The number of rotatable bonds is 2. The third-order valence-electron chi connectivity index (χ3n) is 3.27. The average Bonchev–Trinajstić information content (AvgIpc) is 3.00. The van der Waals surface area contributed by atoms with Crippen molar-refractivity contribution in [3.05, 3.63) is 45.9 Å². The monoisotopic (exact) mass is 325 g/mol. The van der Waals surface area contributed by atoms with E-state index in [2.05, 4.69) is 30.8 Å². The molecule has 0 aliphatic carbocycles. The van der Waals surface area contributed by atoms with Crippen LogP contribution in [0.5, 0.6) is 0 Å². The fourth-order valence-corrected chi connectivity index (χ4v) is 2.83. The Hall–Kier alpha value is -0.840. The zero-order valence-corrected chi connectivity index (χ0v) is 12.1. The van der Waals surface area contributed by atoms with Gasteiger partial charge in [0.2, 0.25) is 0 Å². The Morgan fingerprint density at radius 2 is 2.33 bits per heavy atom. The van der Waals surface area contributed by atoms with Crippen molar-refractivity contribution in [1.29, 1.82) is 0 Å². The lowest BCUT2D eigenvalue weighted by atomic mass is 10.1. The van der Waals surface area contributed by atoms with Crippen LogP contribution < -0.4 is 5.32 Å². The van der Waals surface area contributed by atoms with E-state index in [9.17, 15) is 0 Å². The number of nitrogens with zero attached hydrogens (tertiary/aromatic N) is 2. The molecule has 1 aliphatic rings. The molecule has 94 valence electrons. The molecule has 1 atom stereocenters. The first-order chi connectivity index (χ1) is 8.75. The molecule has 0 saturated carbocycles. The third-order valence-corrected chi connectivity index (χ3v) is 4.48. The van der Waals surface area contributed by atoms with Crippen LogP contribution in [0.3, 0.4) is 0 Å². The molecule has 1 aromatic heterocycles. The highest BCUT2D eigenvalue weighted by molar-refractivity contribution is 9.10. The second kappa shape index (κ2) is 5.03. The Morgan fingerprint density at radius 1 is 1.44 bits per heavy atom. The van der Waals surface area contributed by atoms with Crippen molar-refractivity contribution in [2.75, 3.05) is 6.54 Å². The fraction of sp³-hybridized carbons (Fsp3) is 0.308. The minimum absolute atomic E-state index is 0.405. The summed E-state index contributed by atoms with van der Waals surface area (Å²) < 4.78 is 3.02. The van der Waals surface area contributed by atoms with Gasteiger partial charge in [-0.05, 0) is 53.5 Å². The third kappa shape index (κ3) is 2.20. The SMILES string of the molecule is Clc1ccc(-n2cncc2C2CCCN2)cc1Br. The molecule has 1 N–H and O–H groups in total. The number of aromatic nitrogens is 2. The van der Waals surface area contributed by atoms with Gasteiger partial charge < -0.3 is 9.88 Å². The molecule has 2 aromatic rings. The highest BCUT2D eigenvalue weighted by Crippen LogP contribution is 2.28. The average molecular weight is 327 g/mol. The largest absolute Gasteiger partial charge is 0.309 e. The van der Waals surface area contributed by atoms with Gasteiger partial charge in [-0.2, -0.15) is 0 Å². The zero-order chi connectivity index (χ0) is 12.5. The maximum atomic E-state index is 6.02. The summed E-state index contributed by atoms with van der Waals surface area (Å²) in [5.74, 6) is 0. The molecule has 3 nitrogen and oxygen atoms in total. The van der Waals surface area contributed by atoms with E-state index in [0.717, 1.165) is 21.7 Å². The highest BCUT2D eigenvalue weighted by Gasteiger charge is 2.20. The van der Waals surface area contributed by atoms with Gasteiger partial charge in [-0.3, -0.25) is 0 Å². The van der Waals surface area contributed by atoms with Gasteiger partial charge in [-0.25, -0.2) is 4.98 Å². The molecule has 5 heteroatoms. The topological polar surface area (TPSA) is 29.9 Å². The molecule has 18 heavy (non-hydrogen) atoms. The van der Waals surface area contributed by atoms with E-state index in [1.54, 1.807) is 0 Å². The van der Waals surface area contributed by atoms with E-state index in [4.69, 9.17) is 11.6 Å². The number of imidazole rings is 1. The Morgan fingerprint density at radius 3 is 3.06 bits per heavy atom. The van der Waals surface area contributed by atoms with Crippen LogP contribution in [-0.2, 0) is 0 Å². The number of nitrogens with one attached hydrogen (secondary N) is 1. The minimum atomic E-state index is 0.405. The fourth-order valence-electron chi connectivity index (χ4n) is 2.35. The summed E-state index contributed by atoms with van der Waals surface area (Å²) in [6, 6.07) is 6.32. The summed E-state index contributed by atoms with van der Waals surface area (Å²) in [6.45, 7) is 1.08. The van der Waals surface area contributed by atoms with Crippen molar-refractivity contribution in [3.63, 3.8) is 0 Å². The normalized spacial score (nSPS) is 19.3. The second-order valence-corrected chi connectivity index (χ2v) is 5.70. The van der Waals surface area contributed by atoms with Crippen LogP contribution in [0.1, 0.15) is 24.6 Å². The summed E-state index contributed by atoms with van der Waals surface area (Å²) in [4.78, 5) is 4.27. The lowest BCUT2D eigenvalue weighted by molar-refractivity contribution is 0.615. The van der Waals surface area contributed by atoms with Gasteiger partial charge in [0.1, 0.15) is 0 Å². The summed E-state index contributed by atoms with van der Waals surface area (Å²) in [5.41, 5.74) is 2.29. The molecule has 0 amide bonds. The maximum Gasteiger partial charge on any atom is 0.0994 e. The van der Waals surface area contributed by atoms with Gasteiger partial charge in [0.05, 0.1) is 23.2 Å². The zero-order valence-electron chi connectivity index (χ0n) is 9.74. The van der Waals surface area contributed by atoms with E-state index >= 15 is 0 Å². The van der Waals surface area contributed by atoms with E-state index < -0.39 is 0 Å². The standard InChI is InChI=1S/C13H13BrClN3/c14-10-6-9(3-4-11(10)15)18-8-16-7-13(18)12-2-1-5-17-12/h3-4,6-8,12,17H,1-2,5H2. The van der Waals surface area contributed by atoms with Crippen molar-refractivity contribution >= 4 is 27.5 Å². The van der Waals surface area contributed by atoms with Crippen LogP contribution in [-0.4, -0.2) is 16.1 Å². The quantitative estimate of drug-likeness (QED) is 0.911. The first kappa shape index (κ1) is 12.2. The van der Waals surface area contributed by atoms with E-state index in [-0.39, 0.29) is 0 Å². The number of hydrogen-bond donors (Lipinski definition) is 1. The first-order valence-corrected chi connectivity index (χ1v) is 7.14. The predicted molar refractivity (Wildman–Crippen MR) is 76.3 cm³/mol. The van der Waals surface area contributed by atoms with Crippen LogP contribution in [0.2, 0.25) is 5.02 Å². The summed E-state index contributed by atoms with van der Waals surface area (Å²) in [7, 11) is 0. The maximum absolute atomic E-state index is 6.02. The summed E-state index contributed by atoms with van der Waals surface area (Å²) in [6.07, 6.45) is 6.18. The Bertz CT molecular complexity index is 561. The van der Waals surface area contributed by atoms with E-state index in [1.807, 2.05) is 30.7 Å². The molecular formula is C13H13BrClN3. The van der Waals surface area contributed by atoms with Crippen LogP contribution in [0.4, 0.5) is 0 Å². The van der Waals surface area contributed by atoms with E-state index in [0.29, 0.717) is 6.04 Å². The van der Waals surface area contributed by atoms with Crippen molar-refractivity contribution in [3.8, 4) is 5.69 Å². The number of benzene rings is 1. The molecule has 3 rings (SSSR count). The van der Waals surface area contributed by atoms with Gasteiger partial charge in [-0.15, -0.1) is 0 Å². The van der Waals surface area contributed by atoms with Crippen LogP contribution in [0.25, 0.3) is 5.69 Å². The molecule has 1 fully saturated rings. The van der Waals surface area contributed by atoms with Crippen LogP contribution in [0.15, 0.2) is 35.2 Å². The summed E-state index contributed by atoms with van der Waals surface area (Å²) >= 11 is 9.48.